The van der Waals surface area contributed by atoms with E-state index < -0.39 is 0 Å². The lowest BCUT2D eigenvalue weighted by atomic mass is 10.0. The molecule has 0 saturated heterocycles. The van der Waals surface area contributed by atoms with Gasteiger partial charge >= 0.3 is 0 Å². The molecule has 0 aromatic heterocycles. The van der Waals surface area contributed by atoms with Gasteiger partial charge in [-0.3, -0.25) is 5.41 Å². The maximum Gasteiger partial charge on any atom is 0.0950 e. The van der Waals surface area contributed by atoms with Crippen LogP contribution in [0.5, 0.6) is 0 Å². The number of halogens is 1. The van der Waals surface area contributed by atoms with E-state index in [-0.39, 0.29) is 25.7 Å². The SMILES string of the molecule is C.Cl.N=C(N)Cc1cccc2ccccc12. The zero-order valence-electron chi connectivity index (χ0n) is 8.23. The van der Waals surface area contributed by atoms with Crippen LogP contribution in [0.15, 0.2) is 42.5 Å². The standard InChI is InChI=1S/C12H12N2.CH4.ClH/c13-12(14)8-10-6-3-5-9-4-1-2-7-11(9)10;;/h1-7H,8H2,(H3,13,14);1H4;1H. The fourth-order valence-corrected chi connectivity index (χ4v) is 1.65. The van der Waals surface area contributed by atoms with Gasteiger partial charge in [-0.05, 0) is 16.3 Å². The Morgan fingerprint density at radius 3 is 2.38 bits per heavy atom. The van der Waals surface area contributed by atoms with E-state index in [1.807, 2.05) is 24.3 Å². The van der Waals surface area contributed by atoms with Crippen molar-refractivity contribution in [2.45, 2.75) is 13.8 Å². The lowest BCUT2D eigenvalue weighted by Crippen LogP contribution is -2.12. The molecule has 3 heteroatoms. The molecule has 0 amide bonds. The normalized spacial score (nSPS) is 9.00. The van der Waals surface area contributed by atoms with Crippen LogP contribution in [0.4, 0.5) is 0 Å². The summed E-state index contributed by atoms with van der Waals surface area (Å²) < 4.78 is 0. The molecule has 0 aliphatic heterocycles. The van der Waals surface area contributed by atoms with Crippen LogP contribution >= 0.6 is 12.4 Å². The fraction of sp³-hybridized carbons (Fsp3) is 0.154. The molecule has 2 rings (SSSR count). The minimum absolute atomic E-state index is 0. The second kappa shape index (κ2) is 6.13. The van der Waals surface area contributed by atoms with Gasteiger partial charge in [-0.25, -0.2) is 0 Å². The number of rotatable bonds is 2. The van der Waals surface area contributed by atoms with Crippen molar-refractivity contribution in [1.82, 2.24) is 0 Å². The third-order valence-corrected chi connectivity index (χ3v) is 2.26. The van der Waals surface area contributed by atoms with Gasteiger partial charge in [-0.15, -0.1) is 12.4 Å². The van der Waals surface area contributed by atoms with Gasteiger partial charge < -0.3 is 5.73 Å². The lowest BCUT2D eigenvalue weighted by Gasteiger charge is -2.04. The van der Waals surface area contributed by atoms with Crippen LogP contribution in [0.3, 0.4) is 0 Å². The highest BCUT2D eigenvalue weighted by atomic mass is 35.5. The molecule has 16 heavy (non-hydrogen) atoms. The van der Waals surface area contributed by atoms with E-state index in [1.54, 1.807) is 0 Å². The van der Waals surface area contributed by atoms with Gasteiger partial charge in [0.2, 0.25) is 0 Å². The molecule has 0 unspecified atom stereocenters. The summed E-state index contributed by atoms with van der Waals surface area (Å²) in [5, 5.41) is 9.67. The van der Waals surface area contributed by atoms with Crippen molar-refractivity contribution in [3.63, 3.8) is 0 Å². The second-order valence-corrected chi connectivity index (χ2v) is 3.34. The summed E-state index contributed by atoms with van der Waals surface area (Å²) in [5.74, 6) is 0.210. The minimum Gasteiger partial charge on any atom is -0.387 e. The van der Waals surface area contributed by atoms with Crippen molar-refractivity contribution in [1.29, 1.82) is 5.41 Å². The molecule has 0 spiro atoms. The van der Waals surface area contributed by atoms with Gasteiger partial charge in [0, 0.05) is 6.42 Å². The summed E-state index contributed by atoms with van der Waals surface area (Å²) in [6.07, 6.45) is 0.529. The maximum absolute atomic E-state index is 7.28. The first-order valence-corrected chi connectivity index (χ1v) is 4.57. The molecule has 0 aliphatic carbocycles. The van der Waals surface area contributed by atoms with E-state index >= 15 is 0 Å². The Morgan fingerprint density at radius 2 is 1.69 bits per heavy atom. The molecule has 2 aromatic rings. The number of fused-ring (bicyclic) bond motifs is 1. The Balaban J connectivity index is 0.00000112. The molecule has 0 bridgehead atoms. The highest BCUT2D eigenvalue weighted by Gasteiger charge is 2.00. The van der Waals surface area contributed by atoms with E-state index in [0.29, 0.717) is 6.42 Å². The monoisotopic (exact) mass is 236 g/mol. The highest BCUT2D eigenvalue weighted by Crippen LogP contribution is 2.18. The average molecular weight is 237 g/mol. The molecule has 2 aromatic carbocycles. The third kappa shape index (κ3) is 2.97. The molecular weight excluding hydrogens is 220 g/mol. The summed E-state index contributed by atoms with van der Waals surface area (Å²) in [6, 6.07) is 14.2. The summed E-state index contributed by atoms with van der Waals surface area (Å²) in [6.45, 7) is 0. The van der Waals surface area contributed by atoms with Crippen LogP contribution in [0.25, 0.3) is 10.8 Å². The number of hydrogen-bond acceptors (Lipinski definition) is 1. The topological polar surface area (TPSA) is 49.9 Å². The molecule has 0 aliphatic rings. The Hall–Kier alpha value is -1.54. The quantitative estimate of drug-likeness (QED) is 0.610. The molecule has 3 N–H and O–H groups in total. The number of hydrogen-bond donors (Lipinski definition) is 2. The van der Waals surface area contributed by atoms with Gasteiger partial charge in [0.05, 0.1) is 5.84 Å². The average Bonchev–Trinajstić information content (AvgIpc) is 2.18. The predicted molar refractivity (Wildman–Crippen MR) is 73.5 cm³/mol. The van der Waals surface area contributed by atoms with Crippen LogP contribution < -0.4 is 5.73 Å². The van der Waals surface area contributed by atoms with Crippen molar-refractivity contribution >= 4 is 29.0 Å². The molecule has 0 radical (unpaired) electrons. The summed E-state index contributed by atoms with van der Waals surface area (Å²) >= 11 is 0. The number of nitrogens with one attached hydrogen (secondary N) is 1. The molecule has 0 heterocycles. The van der Waals surface area contributed by atoms with Crippen LogP contribution in [0.2, 0.25) is 0 Å². The summed E-state index contributed by atoms with van der Waals surface area (Å²) in [7, 11) is 0. The third-order valence-electron chi connectivity index (χ3n) is 2.26. The van der Waals surface area contributed by atoms with Gasteiger partial charge in [0.25, 0.3) is 0 Å². The van der Waals surface area contributed by atoms with Crippen LogP contribution in [-0.4, -0.2) is 5.84 Å². The van der Waals surface area contributed by atoms with E-state index in [2.05, 4.69) is 18.2 Å². The van der Waals surface area contributed by atoms with Crippen molar-refractivity contribution in [2.75, 3.05) is 0 Å². The van der Waals surface area contributed by atoms with Crippen LogP contribution in [0.1, 0.15) is 13.0 Å². The molecule has 2 nitrogen and oxygen atoms in total. The van der Waals surface area contributed by atoms with Crippen molar-refractivity contribution in [2.24, 2.45) is 5.73 Å². The molecule has 0 atom stereocenters. The number of nitrogens with two attached hydrogens (primary N) is 1. The van der Waals surface area contributed by atoms with E-state index in [0.717, 1.165) is 5.56 Å². The fourth-order valence-electron chi connectivity index (χ4n) is 1.65. The van der Waals surface area contributed by atoms with E-state index in [4.69, 9.17) is 11.1 Å². The van der Waals surface area contributed by atoms with Gasteiger partial charge in [0.1, 0.15) is 0 Å². The lowest BCUT2D eigenvalue weighted by molar-refractivity contribution is 1.27. The molecule has 0 saturated carbocycles. The smallest absolute Gasteiger partial charge is 0.0950 e. The molecule has 86 valence electrons. The maximum atomic E-state index is 7.28. The zero-order chi connectivity index (χ0) is 9.97. The van der Waals surface area contributed by atoms with Crippen molar-refractivity contribution < 1.29 is 0 Å². The van der Waals surface area contributed by atoms with Crippen LogP contribution in [0, 0.1) is 5.41 Å². The Bertz CT molecular complexity index is 475. The molecular formula is C13H17ClN2. The number of amidine groups is 1. The predicted octanol–water partition coefficient (Wildman–Crippen LogP) is 3.38. The highest BCUT2D eigenvalue weighted by molar-refractivity contribution is 5.90. The van der Waals surface area contributed by atoms with Gasteiger partial charge in [0.15, 0.2) is 0 Å². The first-order valence-electron chi connectivity index (χ1n) is 4.57. The number of benzene rings is 2. The van der Waals surface area contributed by atoms with E-state index in [9.17, 15) is 0 Å². The summed E-state index contributed by atoms with van der Waals surface area (Å²) in [5.41, 5.74) is 6.52. The Kier molecular flexibility index (Phi) is 5.54. The zero-order valence-corrected chi connectivity index (χ0v) is 9.05. The van der Waals surface area contributed by atoms with Crippen molar-refractivity contribution in [3.8, 4) is 0 Å². The minimum atomic E-state index is 0. The second-order valence-electron chi connectivity index (χ2n) is 3.34. The largest absolute Gasteiger partial charge is 0.387 e. The van der Waals surface area contributed by atoms with E-state index in [1.165, 1.54) is 10.8 Å². The first kappa shape index (κ1) is 14.5. The Morgan fingerprint density at radius 1 is 1.06 bits per heavy atom. The van der Waals surface area contributed by atoms with Crippen molar-refractivity contribution in [3.05, 3.63) is 48.0 Å². The van der Waals surface area contributed by atoms with Gasteiger partial charge in [-0.1, -0.05) is 49.9 Å². The Labute approximate surface area is 102 Å². The first-order chi connectivity index (χ1) is 6.77. The molecule has 0 fully saturated rings. The summed E-state index contributed by atoms with van der Waals surface area (Å²) in [4.78, 5) is 0. The van der Waals surface area contributed by atoms with Crippen LogP contribution in [-0.2, 0) is 6.42 Å². The van der Waals surface area contributed by atoms with Gasteiger partial charge in [-0.2, -0.15) is 0 Å².